The highest BCUT2D eigenvalue weighted by Gasteiger charge is 2.36. The Kier molecular flexibility index (Phi) is 4.03. The van der Waals surface area contributed by atoms with Gasteiger partial charge in [-0.2, -0.15) is 0 Å². The molecule has 3 fully saturated rings. The van der Waals surface area contributed by atoms with E-state index in [1.165, 1.54) is 25.9 Å². The van der Waals surface area contributed by atoms with Gasteiger partial charge in [-0.1, -0.05) is 30.3 Å². The molecular formula is C16H22N2O2. The van der Waals surface area contributed by atoms with Crippen LogP contribution in [-0.4, -0.2) is 47.7 Å². The van der Waals surface area contributed by atoms with E-state index in [9.17, 15) is 9.90 Å². The number of fused-ring (bicyclic) bond motifs is 3. The van der Waals surface area contributed by atoms with Crippen LogP contribution in [0.25, 0.3) is 0 Å². The van der Waals surface area contributed by atoms with Crippen molar-refractivity contribution in [2.24, 2.45) is 5.92 Å². The van der Waals surface area contributed by atoms with Gasteiger partial charge in [-0.25, -0.2) is 0 Å². The summed E-state index contributed by atoms with van der Waals surface area (Å²) in [6, 6.07) is 9.72. The van der Waals surface area contributed by atoms with Gasteiger partial charge >= 0.3 is 5.97 Å². The monoisotopic (exact) mass is 274 g/mol. The molecule has 108 valence electrons. The van der Waals surface area contributed by atoms with Gasteiger partial charge in [0.2, 0.25) is 0 Å². The van der Waals surface area contributed by atoms with Crippen molar-refractivity contribution in [3.05, 3.63) is 35.9 Å². The molecule has 2 atom stereocenters. The van der Waals surface area contributed by atoms with Crippen molar-refractivity contribution in [1.29, 1.82) is 0 Å². The molecule has 4 nitrogen and oxygen atoms in total. The summed E-state index contributed by atoms with van der Waals surface area (Å²) in [5.41, 5.74) is 1.08. The van der Waals surface area contributed by atoms with Crippen molar-refractivity contribution in [3.63, 3.8) is 0 Å². The minimum atomic E-state index is -0.745. The van der Waals surface area contributed by atoms with Crippen LogP contribution in [0, 0.1) is 5.92 Å². The molecular weight excluding hydrogens is 252 g/mol. The first-order valence-electron chi connectivity index (χ1n) is 7.47. The smallest absolute Gasteiger partial charge is 0.321 e. The van der Waals surface area contributed by atoms with Crippen LogP contribution in [0.5, 0.6) is 0 Å². The molecule has 1 aromatic rings. The Hall–Kier alpha value is -1.39. The SMILES string of the molecule is O=C(O)[C@H](Cc1ccccc1)N[C@@H]1CN2CCC1CC2. The van der Waals surface area contributed by atoms with E-state index >= 15 is 0 Å². The van der Waals surface area contributed by atoms with Gasteiger partial charge in [-0.3, -0.25) is 10.1 Å². The third kappa shape index (κ3) is 3.02. The third-order valence-electron chi connectivity index (χ3n) is 4.65. The zero-order valence-corrected chi connectivity index (χ0v) is 11.7. The number of hydrogen-bond acceptors (Lipinski definition) is 3. The topological polar surface area (TPSA) is 52.6 Å². The zero-order valence-electron chi connectivity index (χ0n) is 11.7. The van der Waals surface area contributed by atoms with Gasteiger partial charge in [0.15, 0.2) is 0 Å². The maximum atomic E-state index is 11.5. The number of carboxylic acids is 1. The van der Waals surface area contributed by atoms with Gasteiger partial charge in [0.25, 0.3) is 0 Å². The fraction of sp³-hybridized carbons (Fsp3) is 0.562. The second-order valence-corrected chi connectivity index (χ2v) is 5.99. The number of benzene rings is 1. The van der Waals surface area contributed by atoms with Crippen LogP contribution in [0.3, 0.4) is 0 Å². The molecule has 0 amide bonds. The number of nitrogens with one attached hydrogen (secondary N) is 1. The normalized spacial score (nSPS) is 30.1. The van der Waals surface area contributed by atoms with Crippen LogP contribution < -0.4 is 5.32 Å². The highest BCUT2D eigenvalue weighted by molar-refractivity contribution is 5.74. The fourth-order valence-electron chi connectivity index (χ4n) is 3.48. The highest BCUT2D eigenvalue weighted by atomic mass is 16.4. The van der Waals surface area contributed by atoms with E-state index in [1.54, 1.807) is 0 Å². The van der Waals surface area contributed by atoms with Gasteiger partial charge in [-0.05, 0) is 43.8 Å². The molecule has 3 aliphatic rings. The Balaban J connectivity index is 1.64. The molecule has 2 N–H and O–H groups in total. The summed E-state index contributed by atoms with van der Waals surface area (Å²) in [4.78, 5) is 14.0. The van der Waals surface area contributed by atoms with Crippen molar-refractivity contribution in [3.8, 4) is 0 Å². The third-order valence-corrected chi connectivity index (χ3v) is 4.65. The van der Waals surface area contributed by atoms with Crippen LogP contribution in [0.2, 0.25) is 0 Å². The zero-order chi connectivity index (χ0) is 13.9. The van der Waals surface area contributed by atoms with Gasteiger partial charge in [-0.15, -0.1) is 0 Å². The predicted octanol–water partition coefficient (Wildman–Crippen LogP) is 1.37. The molecule has 4 heteroatoms. The van der Waals surface area contributed by atoms with E-state index < -0.39 is 12.0 Å². The number of nitrogens with zero attached hydrogens (tertiary/aromatic N) is 1. The highest BCUT2D eigenvalue weighted by Crippen LogP contribution is 2.27. The summed E-state index contributed by atoms with van der Waals surface area (Å²) in [6.45, 7) is 3.36. The number of rotatable bonds is 5. The largest absolute Gasteiger partial charge is 0.480 e. The van der Waals surface area contributed by atoms with Crippen LogP contribution in [0.15, 0.2) is 30.3 Å². The summed E-state index contributed by atoms with van der Waals surface area (Å²) in [5.74, 6) is -0.0945. The van der Waals surface area contributed by atoms with E-state index in [1.807, 2.05) is 30.3 Å². The van der Waals surface area contributed by atoms with E-state index in [0.717, 1.165) is 12.1 Å². The summed E-state index contributed by atoms with van der Waals surface area (Å²) in [7, 11) is 0. The van der Waals surface area contributed by atoms with Gasteiger partial charge < -0.3 is 10.0 Å². The molecule has 2 bridgehead atoms. The molecule has 3 aliphatic heterocycles. The Bertz CT molecular complexity index is 455. The first-order chi connectivity index (χ1) is 9.72. The first-order valence-corrected chi connectivity index (χ1v) is 7.47. The van der Waals surface area contributed by atoms with Crippen LogP contribution in [0.4, 0.5) is 0 Å². The number of carboxylic acid groups (broad SMARTS) is 1. The molecule has 3 heterocycles. The lowest BCUT2D eigenvalue weighted by molar-refractivity contribution is -0.140. The predicted molar refractivity (Wildman–Crippen MR) is 77.7 cm³/mol. The number of piperidine rings is 3. The second-order valence-electron chi connectivity index (χ2n) is 5.99. The minimum Gasteiger partial charge on any atom is -0.480 e. The molecule has 4 rings (SSSR count). The van der Waals surface area contributed by atoms with E-state index in [4.69, 9.17) is 0 Å². The first kappa shape index (κ1) is 13.6. The summed E-state index contributed by atoms with van der Waals surface area (Å²) < 4.78 is 0. The van der Waals surface area contributed by atoms with E-state index in [2.05, 4.69) is 10.2 Å². The second kappa shape index (κ2) is 5.94. The molecule has 1 aromatic carbocycles. The molecule has 0 aromatic heterocycles. The molecule has 0 spiro atoms. The van der Waals surface area contributed by atoms with Crippen LogP contribution in [0.1, 0.15) is 18.4 Å². The number of aliphatic carboxylic acids is 1. The molecule has 0 radical (unpaired) electrons. The summed E-state index contributed by atoms with van der Waals surface area (Å²) in [5, 5.41) is 12.9. The van der Waals surface area contributed by atoms with Gasteiger partial charge in [0.1, 0.15) is 6.04 Å². The Morgan fingerprint density at radius 1 is 1.30 bits per heavy atom. The number of carbonyl (C=O) groups is 1. The van der Waals surface area contributed by atoms with Crippen molar-refractivity contribution >= 4 is 5.97 Å². The van der Waals surface area contributed by atoms with E-state index in [-0.39, 0.29) is 0 Å². The average molecular weight is 274 g/mol. The van der Waals surface area contributed by atoms with E-state index in [0.29, 0.717) is 18.4 Å². The van der Waals surface area contributed by atoms with Gasteiger partial charge in [0.05, 0.1) is 0 Å². The standard InChI is InChI=1S/C16H22N2O2/c19-16(20)14(10-12-4-2-1-3-5-12)17-15-11-18-8-6-13(15)7-9-18/h1-5,13-15,17H,6-11H2,(H,19,20)/t14-,15+/m0/s1. The lowest BCUT2D eigenvalue weighted by Gasteiger charge is -2.45. The molecule has 20 heavy (non-hydrogen) atoms. The van der Waals surface area contributed by atoms with Crippen molar-refractivity contribution < 1.29 is 9.90 Å². The molecule has 0 saturated carbocycles. The van der Waals surface area contributed by atoms with Gasteiger partial charge in [0, 0.05) is 12.6 Å². The average Bonchev–Trinajstić information content (AvgIpc) is 2.49. The Labute approximate surface area is 119 Å². The number of hydrogen-bond donors (Lipinski definition) is 2. The summed E-state index contributed by atoms with van der Waals surface area (Å²) >= 11 is 0. The maximum absolute atomic E-state index is 11.5. The fourth-order valence-corrected chi connectivity index (χ4v) is 3.48. The lowest BCUT2D eigenvalue weighted by atomic mass is 9.83. The van der Waals surface area contributed by atoms with Crippen molar-refractivity contribution in [2.45, 2.75) is 31.3 Å². The summed E-state index contributed by atoms with van der Waals surface area (Å²) in [6.07, 6.45) is 2.96. The Morgan fingerprint density at radius 3 is 2.55 bits per heavy atom. The molecule has 0 aliphatic carbocycles. The van der Waals surface area contributed by atoms with Crippen LogP contribution >= 0.6 is 0 Å². The Morgan fingerprint density at radius 2 is 2.00 bits per heavy atom. The lowest BCUT2D eigenvalue weighted by Crippen LogP contribution is -2.59. The maximum Gasteiger partial charge on any atom is 0.321 e. The van der Waals surface area contributed by atoms with Crippen LogP contribution in [-0.2, 0) is 11.2 Å². The molecule has 0 unspecified atom stereocenters. The molecule has 3 saturated heterocycles. The quantitative estimate of drug-likeness (QED) is 0.851. The minimum absolute atomic E-state index is 0.335. The van der Waals surface area contributed by atoms with Crippen molar-refractivity contribution in [1.82, 2.24) is 10.2 Å². The van der Waals surface area contributed by atoms with Crippen molar-refractivity contribution in [2.75, 3.05) is 19.6 Å².